The largest absolute Gasteiger partial charge is 0.493 e. The van der Waals surface area contributed by atoms with Crippen molar-refractivity contribution in [1.82, 2.24) is 5.32 Å². The van der Waals surface area contributed by atoms with Crippen LogP contribution in [0.2, 0.25) is 0 Å². The summed E-state index contributed by atoms with van der Waals surface area (Å²) in [5, 5.41) is 9.77. The normalized spacial score (nSPS) is 21.1. The minimum absolute atomic E-state index is 0.0548. The third-order valence-electron chi connectivity index (χ3n) is 3.85. The van der Waals surface area contributed by atoms with Gasteiger partial charge in [0.05, 0.1) is 24.9 Å². The van der Waals surface area contributed by atoms with Crippen molar-refractivity contribution in [1.29, 1.82) is 5.41 Å². The van der Waals surface area contributed by atoms with Gasteiger partial charge in [-0.1, -0.05) is 0 Å². The van der Waals surface area contributed by atoms with E-state index in [9.17, 15) is 9.18 Å². The molecule has 2 rings (SSSR count). The van der Waals surface area contributed by atoms with Crippen LogP contribution in [0.3, 0.4) is 0 Å². The van der Waals surface area contributed by atoms with E-state index in [0.717, 1.165) is 25.3 Å². The van der Waals surface area contributed by atoms with Crippen molar-refractivity contribution in [3.8, 4) is 5.75 Å². The molecule has 1 aliphatic rings. The first-order valence-corrected chi connectivity index (χ1v) is 7.83. The van der Waals surface area contributed by atoms with E-state index in [1.54, 1.807) is 12.1 Å². The SMILES string of the molecule is N=CC(=CN)C(=O)NCC1CCC(COc2ccc(F)cc2)CO1. The van der Waals surface area contributed by atoms with Crippen molar-refractivity contribution < 1.29 is 18.7 Å². The van der Waals surface area contributed by atoms with E-state index in [0.29, 0.717) is 25.5 Å². The van der Waals surface area contributed by atoms with Gasteiger partial charge in [0.2, 0.25) is 0 Å². The third kappa shape index (κ3) is 5.34. The highest BCUT2D eigenvalue weighted by Crippen LogP contribution is 2.20. The maximum Gasteiger partial charge on any atom is 0.254 e. The van der Waals surface area contributed by atoms with E-state index >= 15 is 0 Å². The molecular formula is C17H22FN3O3. The summed E-state index contributed by atoms with van der Waals surface area (Å²) in [6, 6.07) is 5.93. The molecule has 24 heavy (non-hydrogen) atoms. The molecule has 2 atom stereocenters. The Morgan fingerprint density at radius 1 is 1.42 bits per heavy atom. The number of carbonyl (C=O) groups excluding carboxylic acids is 1. The fraction of sp³-hybridized carbons (Fsp3) is 0.412. The van der Waals surface area contributed by atoms with Crippen molar-refractivity contribution in [3.63, 3.8) is 0 Å². The van der Waals surface area contributed by atoms with Crippen molar-refractivity contribution in [2.75, 3.05) is 19.8 Å². The Morgan fingerprint density at radius 2 is 2.17 bits per heavy atom. The van der Waals surface area contributed by atoms with Crippen LogP contribution in [0.1, 0.15) is 12.8 Å². The first-order valence-electron chi connectivity index (χ1n) is 7.83. The van der Waals surface area contributed by atoms with Gasteiger partial charge in [-0.25, -0.2) is 4.39 Å². The smallest absolute Gasteiger partial charge is 0.254 e. The van der Waals surface area contributed by atoms with E-state index in [-0.39, 0.29) is 29.3 Å². The molecule has 1 fully saturated rings. The van der Waals surface area contributed by atoms with Crippen LogP contribution in [0.15, 0.2) is 36.0 Å². The molecule has 0 aliphatic carbocycles. The number of nitrogens with one attached hydrogen (secondary N) is 2. The molecule has 7 heteroatoms. The average Bonchev–Trinajstić information content (AvgIpc) is 2.61. The second-order valence-electron chi connectivity index (χ2n) is 5.64. The number of nitrogens with two attached hydrogens (primary N) is 1. The van der Waals surface area contributed by atoms with Gasteiger partial charge in [0.1, 0.15) is 11.6 Å². The summed E-state index contributed by atoms with van der Waals surface area (Å²) in [4.78, 5) is 11.7. The number of ether oxygens (including phenoxy) is 2. The van der Waals surface area contributed by atoms with Crippen molar-refractivity contribution >= 4 is 12.1 Å². The fourth-order valence-corrected chi connectivity index (χ4v) is 2.40. The highest BCUT2D eigenvalue weighted by Gasteiger charge is 2.23. The number of amides is 1. The maximum absolute atomic E-state index is 12.8. The molecule has 1 heterocycles. The van der Waals surface area contributed by atoms with E-state index in [1.165, 1.54) is 12.1 Å². The molecule has 0 bridgehead atoms. The monoisotopic (exact) mass is 335 g/mol. The van der Waals surface area contributed by atoms with E-state index in [4.69, 9.17) is 20.6 Å². The molecule has 0 radical (unpaired) electrons. The number of hydrogen-bond acceptors (Lipinski definition) is 5. The topological polar surface area (TPSA) is 97.4 Å². The van der Waals surface area contributed by atoms with Crippen molar-refractivity contribution in [2.24, 2.45) is 11.7 Å². The Morgan fingerprint density at radius 3 is 2.75 bits per heavy atom. The van der Waals surface area contributed by atoms with Gasteiger partial charge in [-0.3, -0.25) is 4.79 Å². The summed E-state index contributed by atoms with van der Waals surface area (Å²) >= 11 is 0. The summed E-state index contributed by atoms with van der Waals surface area (Å²) in [6.45, 7) is 1.44. The Hall–Kier alpha value is -2.41. The Bertz CT molecular complexity index is 581. The quantitative estimate of drug-likeness (QED) is 0.521. The average molecular weight is 335 g/mol. The van der Waals surface area contributed by atoms with Crippen LogP contribution in [-0.4, -0.2) is 38.0 Å². The second-order valence-corrected chi connectivity index (χ2v) is 5.64. The molecule has 0 aromatic heterocycles. The lowest BCUT2D eigenvalue weighted by molar-refractivity contribution is -0.118. The van der Waals surface area contributed by atoms with Gasteiger partial charge < -0.3 is 25.9 Å². The summed E-state index contributed by atoms with van der Waals surface area (Å²) in [5.41, 5.74) is 5.38. The molecule has 1 saturated heterocycles. The highest BCUT2D eigenvalue weighted by atomic mass is 19.1. The highest BCUT2D eigenvalue weighted by molar-refractivity contribution is 6.11. The van der Waals surface area contributed by atoms with Crippen LogP contribution in [0.4, 0.5) is 4.39 Å². The summed E-state index contributed by atoms with van der Waals surface area (Å²) < 4.78 is 24.2. The zero-order valence-corrected chi connectivity index (χ0v) is 13.3. The molecule has 1 aromatic rings. The predicted molar refractivity (Wildman–Crippen MR) is 88.4 cm³/mol. The van der Waals surface area contributed by atoms with Gasteiger partial charge in [0.25, 0.3) is 5.91 Å². The first kappa shape index (κ1) is 17.9. The van der Waals surface area contributed by atoms with Gasteiger partial charge >= 0.3 is 0 Å². The number of halogens is 1. The maximum atomic E-state index is 12.8. The standard InChI is InChI=1S/C17H22FN3O3/c18-14-2-5-15(6-3-14)23-10-12-1-4-16(24-11-12)9-21-17(22)13(7-19)8-20/h2-3,5-8,12,16,19H,1,4,9-11,20H2,(H,21,22). The number of hydrogen-bond donors (Lipinski definition) is 3. The minimum Gasteiger partial charge on any atom is -0.493 e. The van der Waals surface area contributed by atoms with Crippen molar-refractivity contribution in [2.45, 2.75) is 18.9 Å². The summed E-state index contributed by atoms with van der Waals surface area (Å²) in [5.74, 6) is 0.239. The number of benzene rings is 1. The van der Waals surface area contributed by atoms with Gasteiger partial charge in [-0.15, -0.1) is 0 Å². The van der Waals surface area contributed by atoms with Crippen LogP contribution in [0.25, 0.3) is 0 Å². The first-order chi connectivity index (χ1) is 11.6. The molecule has 1 amide bonds. The summed E-state index contributed by atoms with van der Waals surface area (Å²) in [6.07, 6.45) is 3.70. The van der Waals surface area contributed by atoms with E-state index < -0.39 is 0 Å². The molecule has 0 spiro atoms. The van der Waals surface area contributed by atoms with Crippen LogP contribution < -0.4 is 15.8 Å². The van der Waals surface area contributed by atoms with Gasteiger partial charge in [0.15, 0.2) is 0 Å². The number of rotatable bonds is 7. The van der Waals surface area contributed by atoms with Crippen LogP contribution >= 0.6 is 0 Å². The summed E-state index contributed by atoms with van der Waals surface area (Å²) in [7, 11) is 0. The zero-order chi connectivity index (χ0) is 17.4. The molecule has 1 aromatic carbocycles. The molecule has 2 unspecified atom stereocenters. The van der Waals surface area contributed by atoms with Crippen LogP contribution in [0, 0.1) is 17.1 Å². The molecule has 130 valence electrons. The lowest BCUT2D eigenvalue weighted by Gasteiger charge is -2.29. The molecular weight excluding hydrogens is 313 g/mol. The van der Waals surface area contributed by atoms with E-state index in [2.05, 4.69) is 5.32 Å². The Labute approximate surface area is 140 Å². The zero-order valence-electron chi connectivity index (χ0n) is 13.3. The lowest BCUT2D eigenvalue weighted by atomic mass is 9.99. The van der Waals surface area contributed by atoms with Gasteiger partial charge in [0, 0.05) is 24.9 Å². The minimum atomic E-state index is -0.377. The van der Waals surface area contributed by atoms with Crippen LogP contribution in [-0.2, 0) is 9.53 Å². The van der Waals surface area contributed by atoms with Crippen LogP contribution in [0.5, 0.6) is 5.75 Å². The molecule has 1 aliphatic heterocycles. The number of carbonyl (C=O) groups is 1. The second kappa shape index (κ2) is 9.02. The Balaban J connectivity index is 1.67. The lowest BCUT2D eigenvalue weighted by Crippen LogP contribution is -2.39. The fourth-order valence-electron chi connectivity index (χ4n) is 2.40. The van der Waals surface area contributed by atoms with Gasteiger partial charge in [-0.2, -0.15) is 0 Å². The molecule has 0 saturated carbocycles. The van der Waals surface area contributed by atoms with Crippen molar-refractivity contribution in [3.05, 3.63) is 41.9 Å². The van der Waals surface area contributed by atoms with E-state index in [1.807, 2.05) is 0 Å². The van der Waals surface area contributed by atoms with Gasteiger partial charge in [-0.05, 0) is 37.1 Å². The Kier molecular flexibility index (Phi) is 6.74. The predicted octanol–water partition coefficient (Wildman–Crippen LogP) is 1.61. The molecule has 6 nitrogen and oxygen atoms in total. The molecule has 4 N–H and O–H groups in total. The third-order valence-corrected chi connectivity index (χ3v) is 3.85.